The van der Waals surface area contributed by atoms with Crippen molar-refractivity contribution in [3.8, 4) is 0 Å². The molecule has 0 fully saturated rings. The molecule has 0 saturated heterocycles. The van der Waals surface area contributed by atoms with Crippen LogP contribution in [0.1, 0.15) is 10.5 Å². The van der Waals surface area contributed by atoms with Crippen LogP contribution in [0.2, 0.25) is 10.0 Å². The molecule has 0 spiro atoms. The van der Waals surface area contributed by atoms with Crippen molar-refractivity contribution in [2.75, 3.05) is 5.32 Å². The SMILES string of the molecule is C[n+]1[nH]oc(=O)c1C(=O)Nc1ccc(Cl)c(Cl)c1. The number of benzene rings is 1. The first kappa shape index (κ1) is 12.7. The average molecular weight is 289 g/mol. The molecule has 8 heteroatoms. The van der Waals surface area contributed by atoms with E-state index in [1.165, 1.54) is 17.8 Å². The second-order valence-electron chi connectivity index (χ2n) is 3.47. The lowest BCUT2D eigenvalue weighted by atomic mass is 10.3. The van der Waals surface area contributed by atoms with Gasteiger partial charge in [-0.3, -0.25) is 9.32 Å². The van der Waals surface area contributed by atoms with Gasteiger partial charge < -0.3 is 5.32 Å². The van der Waals surface area contributed by atoms with Gasteiger partial charge in [0.2, 0.25) is 0 Å². The van der Waals surface area contributed by atoms with Crippen molar-refractivity contribution >= 4 is 34.8 Å². The quantitative estimate of drug-likeness (QED) is 0.819. The van der Waals surface area contributed by atoms with E-state index in [9.17, 15) is 9.59 Å². The maximum Gasteiger partial charge on any atom is 0.440 e. The smallest absolute Gasteiger partial charge is 0.316 e. The molecule has 0 aliphatic carbocycles. The highest BCUT2D eigenvalue weighted by atomic mass is 35.5. The summed E-state index contributed by atoms with van der Waals surface area (Å²) in [4.78, 5) is 23.1. The highest BCUT2D eigenvalue weighted by molar-refractivity contribution is 6.42. The molecular formula is C10H8Cl2N3O3+. The molecule has 0 aliphatic rings. The lowest BCUT2D eigenvalue weighted by molar-refractivity contribution is -0.741. The zero-order valence-electron chi connectivity index (χ0n) is 9.16. The second kappa shape index (κ2) is 4.83. The Morgan fingerprint density at radius 1 is 1.39 bits per heavy atom. The van der Waals surface area contributed by atoms with Gasteiger partial charge in [0.05, 0.1) is 10.0 Å². The maximum atomic E-state index is 11.8. The number of aromatic nitrogens is 2. The third kappa shape index (κ3) is 2.39. The topological polar surface area (TPSA) is 79.0 Å². The minimum Gasteiger partial charge on any atom is -0.316 e. The van der Waals surface area contributed by atoms with Gasteiger partial charge in [-0.25, -0.2) is 4.79 Å². The highest BCUT2D eigenvalue weighted by Crippen LogP contribution is 2.24. The van der Waals surface area contributed by atoms with Gasteiger partial charge in [0.25, 0.3) is 0 Å². The molecular weight excluding hydrogens is 281 g/mol. The summed E-state index contributed by atoms with van der Waals surface area (Å²) in [6.45, 7) is 0. The summed E-state index contributed by atoms with van der Waals surface area (Å²) < 4.78 is 5.65. The standard InChI is InChI=1S/C10H7Cl2N3O3/c1-15-8(10(17)18-14-15)9(16)13-5-2-3-6(11)7(12)4-5/h2-4H,1H3,(H-,13,14,16,17)/p+1. The molecule has 2 aromatic rings. The van der Waals surface area contributed by atoms with E-state index in [4.69, 9.17) is 23.2 Å². The molecule has 18 heavy (non-hydrogen) atoms. The van der Waals surface area contributed by atoms with E-state index >= 15 is 0 Å². The van der Waals surface area contributed by atoms with Gasteiger partial charge in [-0.15, -0.1) is 0 Å². The van der Waals surface area contributed by atoms with Crippen LogP contribution in [0.15, 0.2) is 27.5 Å². The minimum atomic E-state index is -0.755. The number of anilines is 1. The van der Waals surface area contributed by atoms with Crippen molar-refractivity contribution in [2.45, 2.75) is 0 Å². The number of rotatable bonds is 2. The van der Waals surface area contributed by atoms with Crippen molar-refractivity contribution in [1.82, 2.24) is 5.27 Å². The number of carbonyl (C=O) groups is 1. The normalized spacial score (nSPS) is 10.4. The van der Waals surface area contributed by atoms with Gasteiger partial charge in [-0.05, 0) is 23.5 Å². The van der Waals surface area contributed by atoms with E-state index in [2.05, 4.69) is 15.1 Å². The van der Waals surface area contributed by atoms with Crippen molar-refractivity contribution in [2.24, 2.45) is 7.05 Å². The Morgan fingerprint density at radius 2 is 2.11 bits per heavy atom. The van der Waals surface area contributed by atoms with Crippen LogP contribution in [0.25, 0.3) is 0 Å². The molecule has 0 bridgehead atoms. The number of hydrogen-bond acceptors (Lipinski definition) is 3. The summed E-state index contributed by atoms with van der Waals surface area (Å²) in [5.74, 6) is -0.606. The molecule has 1 heterocycles. The summed E-state index contributed by atoms with van der Waals surface area (Å²) in [6.07, 6.45) is 0. The van der Waals surface area contributed by atoms with E-state index in [1.54, 1.807) is 12.1 Å². The van der Waals surface area contributed by atoms with Crippen molar-refractivity contribution in [3.05, 3.63) is 44.4 Å². The molecule has 0 radical (unpaired) electrons. The fraction of sp³-hybridized carbons (Fsp3) is 0.100. The van der Waals surface area contributed by atoms with E-state index in [0.717, 1.165) is 0 Å². The van der Waals surface area contributed by atoms with Gasteiger partial charge in [0.15, 0.2) is 7.05 Å². The van der Waals surface area contributed by atoms with Gasteiger partial charge in [0.1, 0.15) is 0 Å². The largest absolute Gasteiger partial charge is 0.440 e. The van der Waals surface area contributed by atoms with Gasteiger partial charge in [-0.2, -0.15) is 0 Å². The van der Waals surface area contributed by atoms with Gasteiger partial charge >= 0.3 is 17.2 Å². The van der Waals surface area contributed by atoms with Crippen LogP contribution in [0.5, 0.6) is 0 Å². The summed E-state index contributed by atoms with van der Waals surface area (Å²) in [5, 5.41) is 5.44. The van der Waals surface area contributed by atoms with Crippen LogP contribution in [0.3, 0.4) is 0 Å². The summed E-state index contributed by atoms with van der Waals surface area (Å²) >= 11 is 11.6. The lowest BCUT2D eigenvalue weighted by Gasteiger charge is -2.02. The fourth-order valence-corrected chi connectivity index (χ4v) is 1.65. The molecule has 0 unspecified atom stereocenters. The fourth-order valence-electron chi connectivity index (χ4n) is 1.35. The number of amides is 1. The Morgan fingerprint density at radius 3 is 2.67 bits per heavy atom. The molecule has 2 N–H and O–H groups in total. The van der Waals surface area contributed by atoms with E-state index in [1.807, 2.05) is 0 Å². The maximum absolute atomic E-state index is 11.8. The monoisotopic (exact) mass is 288 g/mol. The first-order chi connectivity index (χ1) is 8.49. The second-order valence-corrected chi connectivity index (χ2v) is 4.29. The summed E-state index contributed by atoms with van der Waals surface area (Å²) in [6, 6.07) is 4.59. The highest BCUT2D eigenvalue weighted by Gasteiger charge is 2.26. The molecule has 2 rings (SSSR count). The Balaban J connectivity index is 2.27. The van der Waals surface area contributed by atoms with Crippen LogP contribution < -0.4 is 15.6 Å². The predicted octanol–water partition coefficient (Wildman–Crippen LogP) is 1.35. The van der Waals surface area contributed by atoms with Crippen LogP contribution in [-0.4, -0.2) is 11.2 Å². The number of aryl methyl sites for hydroxylation is 1. The number of nitrogens with zero attached hydrogens (tertiary/aromatic N) is 1. The van der Waals surface area contributed by atoms with Crippen molar-refractivity contribution < 1.29 is 14.0 Å². The molecule has 0 saturated carbocycles. The zero-order chi connectivity index (χ0) is 13.3. The van der Waals surface area contributed by atoms with Crippen LogP contribution in [0.4, 0.5) is 5.69 Å². The minimum absolute atomic E-state index is 0.152. The first-order valence-electron chi connectivity index (χ1n) is 4.83. The number of nitrogens with one attached hydrogen (secondary N) is 2. The van der Waals surface area contributed by atoms with Crippen LogP contribution >= 0.6 is 23.2 Å². The first-order valence-corrected chi connectivity index (χ1v) is 5.58. The molecule has 1 aromatic heterocycles. The van der Waals surface area contributed by atoms with E-state index < -0.39 is 11.5 Å². The number of aromatic amines is 1. The Kier molecular flexibility index (Phi) is 3.40. The Bertz CT molecular complexity index is 663. The predicted molar refractivity (Wildman–Crippen MR) is 64.9 cm³/mol. The Labute approximate surface area is 111 Å². The van der Waals surface area contributed by atoms with E-state index in [-0.39, 0.29) is 5.69 Å². The molecule has 94 valence electrons. The van der Waals surface area contributed by atoms with E-state index in [0.29, 0.717) is 15.7 Å². The van der Waals surface area contributed by atoms with Gasteiger partial charge in [0, 0.05) is 5.69 Å². The molecule has 1 amide bonds. The van der Waals surface area contributed by atoms with Crippen LogP contribution in [-0.2, 0) is 7.05 Å². The number of halogens is 2. The Hall–Kier alpha value is -1.79. The molecule has 0 atom stereocenters. The lowest BCUT2D eigenvalue weighted by Crippen LogP contribution is -2.41. The number of H-pyrrole nitrogens is 1. The van der Waals surface area contributed by atoms with Crippen LogP contribution in [0, 0.1) is 0 Å². The molecule has 0 aliphatic heterocycles. The zero-order valence-corrected chi connectivity index (χ0v) is 10.7. The third-order valence-corrected chi connectivity index (χ3v) is 2.94. The van der Waals surface area contributed by atoms with Gasteiger partial charge in [-0.1, -0.05) is 27.9 Å². The molecule has 6 nitrogen and oxygen atoms in total. The summed E-state index contributed by atoms with van der Waals surface area (Å²) in [5.41, 5.74) is -0.480. The van der Waals surface area contributed by atoms with Crippen molar-refractivity contribution in [3.63, 3.8) is 0 Å². The average Bonchev–Trinajstić information content (AvgIpc) is 2.64. The van der Waals surface area contributed by atoms with Crippen molar-refractivity contribution in [1.29, 1.82) is 0 Å². The third-order valence-electron chi connectivity index (χ3n) is 2.20. The number of hydrogen-bond donors (Lipinski definition) is 2. The number of carbonyl (C=O) groups excluding carboxylic acids is 1. The molecule has 1 aromatic carbocycles. The summed E-state index contributed by atoms with van der Waals surface area (Å²) in [7, 11) is 1.48.